The first-order valence-electron chi connectivity index (χ1n) is 10.2. The monoisotopic (exact) mass is 413 g/mol. The van der Waals surface area contributed by atoms with Crippen molar-refractivity contribution in [3.05, 3.63) is 58.6 Å². The second kappa shape index (κ2) is 7.94. The molecule has 1 saturated carbocycles. The van der Waals surface area contributed by atoms with Gasteiger partial charge in [-0.05, 0) is 48.6 Å². The average Bonchev–Trinajstić information content (AvgIpc) is 3.12. The number of rotatable bonds is 5. The van der Waals surface area contributed by atoms with E-state index in [9.17, 15) is 18.3 Å². The molecule has 0 heterocycles. The normalized spacial score (nSPS) is 21.6. The number of halogens is 4. The highest BCUT2D eigenvalue weighted by Gasteiger charge is 2.55. The zero-order valence-corrected chi connectivity index (χ0v) is 15.4. The van der Waals surface area contributed by atoms with Crippen molar-refractivity contribution in [1.82, 2.24) is 0 Å². The Morgan fingerprint density at radius 1 is 1.25 bits per heavy atom. The Kier molecular flexibility index (Phi) is 4.41. The standard InChI is InChI=1S/C21H19ClF3NO2/c1-28-17-7-4-15(5-8-17)13-26-19-9-6-16(22)12-18(19)20(27,21(23,24)25)11-10-14-2-3-14/h4-9,12,14,26-27H,2-3,13H2,1H3/t20-/m0/s1/i2D2,3D2. The lowest BCUT2D eigenvalue weighted by molar-refractivity contribution is -0.240. The van der Waals surface area contributed by atoms with Crippen LogP contribution in [0, 0.1) is 17.8 Å². The first-order valence-corrected chi connectivity index (χ1v) is 8.60. The number of aliphatic hydroxyl groups is 1. The highest BCUT2D eigenvalue weighted by atomic mass is 35.5. The highest BCUT2D eigenvalue weighted by Crippen LogP contribution is 2.43. The highest BCUT2D eigenvalue weighted by molar-refractivity contribution is 6.30. The Bertz CT molecular complexity index is 1050. The molecule has 0 saturated heterocycles. The van der Waals surface area contributed by atoms with Gasteiger partial charge in [-0.15, -0.1) is 0 Å². The van der Waals surface area contributed by atoms with Crippen molar-refractivity contribution < 1.29 is 28.5 Å². The topological polar surface area (TPSA) is 41.5 Å². The number of hydrogen-bond acceptors (Lipinski definition) is 3. The Balaban J connectivity index is 1.98. The van der Waals surface area contributed by atoms with Gasteiger partial charge in [-0.1, -0.05) is 35.6 Å². The van der Waals surface area contributed by atoms with E-state index in [0.29, 0.717) is 5.75 Å². The van der Waals surface area contributed by atoms with E-state index in [4.69, 9.17) is 21.8 Å². The average molecular weight is 414 g/mol. The third-order valence-electron chi connectivity index (χ3n) is 4.11. The molecule has 3 rings (SSSR count). The van der Waals surface area contributed by atoms with Crippen molar-refractivity contribution >= 4 is 17.3 Å². The van der Waals surface area contributed by atoms with E-state index in [1.54, 1.807) is 30.2 Å². The van der Waals surface area contributed by atoms with Crippen LogP contribution in [0.15, 0.2) is 42.5 Å². The van der Waals surface area contributed by atoms with Crippen LogP contribution in [0.4, 0.5) is 18.9 Å². The molecule has 2 aromatic carbocycles. The molecule has 1 aliphatic carbocycles. The molecule has 0 radical (unpaired) electrons. The van der Waals surface area contributed by atoms with Crippen LogP contribution in [0.3, 0.4) is 0 Å². The van der Waals surface area contributed by atoms with Gasteiger partial charge in [0, 0.05) is 34.2 Å². The lowest BCUT2D eigenvalue weighted by Crippen LogP contribution is -2.41. The van der Waals surface area contributed by atoms with Crippen LogP contribution in [-0.2, 0) is 12.1 Å². The van der Waals surface area contributed by atoms with Crippen molar-refractivity contribution in [1.29, 1.82) is 0 Å². The van der Waals surface area contributed by atoms with Crippen LogP contribution < -0.4 is 10.1 Å². The molecule has 28 heavy (non-hydrogen) atoms. The van der Waals surface area contributed by atoms with Gasteiger partial charge in [0.25, 0.3) is 0 Å². The van der Waals surface area contributed by atoms with Crippen LogP contribution in [-0.4, -0.2) is 18.4 Å². The second-order valence-corrected chi connectivity index (χ2v) is 6.53. The molecule has 0 spiro atoms. The zero-order valence-electron chi connectivity index (χ0n) is 18.7. The molecule has 0 bridgehead atoms. The van der Waals surface area contributed by atoms with E-state index in [1.165, 1.54) is 19.2 Å². The largest absolute Gasteiger partial charge is 0.497 e. The van der Waals surface area contributed by atoms with Crippen molar-refractivity contribution in [2.24, 2.45) is 5.92 Å². The molecular formula is C21H19ClF3NO2. The number of methoxy groups -OCH3 is 1. The Morgan fingerprint density at radius 3 is 2.50 bits per heavy atom. The summed E-state index contributed by atoms with van der Waals surface area (Å²) in [5.74, 6) is 2.67. The SMILES string of the molecule is [2H]C1([2H])C(C#C[C@](O)(c2cc(Cl)ccc2NCc2ccc(OC)cc2)C(F)(F)F)C1([2H])[2H]. The first-order chi connectivity index (χ1) is 14.7. The van der Waals surface area contributed by atoms with E-state index >= 15 is 0 Å². The Hall–Kier alpha value is -2.36. The molecule has 0 unspecified atom stereocenters. The van der Waals surface area contributed by atoms with Crippen LogP contribution in [0.5, 0.6) is 5.75 Å². The lowest BCUT2D eigenvalue weighted by Gasteiger charge is -2.28. The fourth-order valence-electron chi connectivity index (χ4n) is 2.49. The number of benzene rings is 2. The second-order valence-electron chi connectivity index (χ2n) is 6.09. The molecule has 1 fully saturated rings. The number of anilines is 1. The summed E-state index contributed by atoms with van der Waals surface area (Å²) in [4.78, 5) is 0. The van der Waals surface area contributed by atoms with E-state index in [0.717, 1.165) is 11.6 Å². The summed E-state index contributed by atoms with van der Waals surface area (Å²) in [6, 6.07) is 10.4. The maximum atomic E-state index is 14.0. The minimum absolute atomic E-state index is 0.0726. The summed E-state index contributed by atoms with van der Waals surface area (Å²) in [6.07, 6.45) is -10.1. The fraction of sp³-hybridized carbons (Fsp3) is 0.333. The molecule has 0 aromatic heterocycles. The van der Waals surface area contributed by atoms with Crippen LogP contribution in [0.25, 0.3) is 0 Å². The van der Waals surface area contributed by atoms with Crippen LogP contribution >= 0.6 is 11.6 Å². The van der Waals surface area contributed by atoms with Gasteiger partial charge in [0.15, 0.2) is 0 Å². The van der Waals surface area contributed by atoms with Crippen molar-refractivity contribution in [2.45, 2.75) is 31.1 Å². The molecule has 1 atom stereocenters. The van der Waals surface area contributed by atoms with Gasteiger partial charge in [0.2, 0.25) is 5.60 Å². The predicted molar refractivity (Wildman–Crippen MR) is 102 cm³/mol. The summed E-state index contributed by atoms with van der Waals surface area (Å²) in [5, 5.41) is 13.4. The Labute approximate surface area is 172 Å². The predicted octanol–water partition coefficient (Wildman–Crippen LogP) is 5.12. The van der Waals surface area contributed by atoms with Crippen LogP contribution in [0.2, 0.25) is 5.02 Å². The molecule has 0 aliphatic heterocycles. The molecule has 3 nitrogen and oxygen atoms in total. The van der Waals surface area contributed by atoms with Crippen molar-refractivity contribution in [3.63, 3.8) is 0 Å². The van der Waals surface area contributed by atoms with Gasteiger partial charge in [-0.3, -0.25) is 0 Å². The van der Waals surface area contributed by atoms with Gasteiger partial charge in [-0.25, -0.2) is 0 Å². The van der Waals surface area contributed by atoms with E-state index in [-0.39, 0.29) is 17.3 Å². The third kappa shape index (κ3) is 4.54. The maximum absolute atomic E-state index is 14.0. The zero-order chi connectivity index (χ0) is 23.9. The first kappa shape index (κ1) is 15.5. The number of hydrogen-bond donors (Lipinski definition) is 2. The molecular weight excluding hydrogens is 391 g/mol. The molecule has 1 aliphatic rings. The fourth-order valence-corrected chi connectivity index (χ4v) is 2.66. The summed E-state index contributed by atoms with van der Waals surface area (Å²) in [6.45, 7) is 0.119. The molecule has 0 amide bonds. The van der Waals surface area contributed by atoms with Gasteiger partial charge in [-0.2, -0.15) is 13.2 Å². The van der Waals surface area contributed by atoms with Crippen molar-refractivity contribution in [3.8, 4) is 17.6 Å². The number of alkyl halides is 3. The summed E-state index contributed by atoms with van der Waals surface area (Å²) >= 11 is 5.90. The summed E-state index contributed by atoms with van der Waals surface area (Å²) < 4.78 is 77.1. The maximum Gasteiger partial charge on any atom is 0.433 e. The molecule has 7 heteroatoms. The Morgan fingerprint density at radius 2 is 1.93 bits per heavy atom. The number of ether oxygens (including phenoxy) is 1. The van der Waals surface area contributed by atoms with Crippen molar-refractivity contribution in [2.75, 3.05) is 12.4 Å². The quantitative estimate of drug-likeness (QED) is 0.668. The lowest BCUT2D eigenvalue weighted by atomic mass is 9.91. The summed E-state index contributed by atoms with van der Waals surface area (Å²) in [5.41, 5.74) is -3.72. The van der Waals surface area contributed by atoms with Gasteiger partial charge >= 0.3 is 6.18 Å². The molecule has 2 aromatic rings. The minimum atomic E-state index is -5.27. The number of nitrogens with one attached hydrogen (secondary N) is 1. The molecule has 2 N–H and O–H groups in total. The van der Waals surface area contributed by atoms with Gasteiger partial charge in [0.1, 0.15) is 5.75 Å². The van der Waals surface area contributed by atoms with E-state index in [1.807, 2.05) is 5.92 Å². The minimum Gasteiger partial charge on any atom is -0.497 e. The van der Waals surface area contributed by atoms with Gasteiger partial charge in [0.05, 0.1) is 7.11 Å². The van der Waals surface area contributed by atoms with Crippen LogP contribution in [0.1, 0.15) is 29.4 Å². The smallest absolute Gasteiger partial charge is 0.433 e. The molecule has 148 valence electrons. The third-order valence-corrected chi connectivity index (χ3v) is 4.34. The van der Waals surface area contributed by atoms with E-state index in [2.05, 4.69) is 5.32 Å². The van der Waals surface area contributed by atoms with Gasteiger partial charge < -0.3 is 15.2 Å². The summed E-state index contributed by atoms with van der Waals surface area (Å²) in [7, 11) is 1.50. The van der Waals surface area contributed by atoms with E-state index < -0.39 is 36.0 Å².